The lowest BCUT2D eigenvalue weighted by Crippen LogP contribution is -2.20. The fourth-order valence-corrected chi connectivity index (χ4v) is 3.91. The number of nitrogens with one attached hydrogen (secondary N) is 1. The smallest absolute Gasteiger partial charge is 0.161 e. The standard InChI is InChI=1S/C26H29Cl2NO2/c1-3-8-24(20-9-6-5-7-10-20)29-17-19-11-14-25(26(15-19)30-4-2)31-18-21-12-13-22(27)16-23(21)28/h5-7,9-16,24,29H,3-4,8,17-18H2,1-2H3. The predicted octanol–water partition coefficient (Wildman–Crippen LogP) is 7.60. The summed E-state index contributed by atoms with van der Waals surface area (Å²) in [6.45, 7) is 5.85. The third-order valence-electron chi connectivity index (χ3n) is 5.04. The zero-order valence-electron chi connectivity index (χ0n) is 18.0. The van der Waals surface area contributed by atoms with Gasteiger partial charge in [-0.25, -0.2) is 0 Å². The first-order chi connectivity index (χ1) is 15.1. The molecule has 0 amide bonds. The van der Waals surface area contributed by atoms with E-state index in [1.165, 1.54) is 5.56 Å². The summed E-state index contributed by atoms with van der Waals surface area (Å²) in [7, 11) is 0. The second kappa shape index (κ2) is 12.0. The van der Waals surface area contributed by atoms with Crippen LogP contribution >= 0.6 is 23.2 Å². The van der Waals surface area contributed by atoms with Gasteiger partial charge in [0.2, 0.25) is 0 Å². The summed E-state index contributed by atoms with van der Waals surface area (Å²) in [5.74, 6) is 1.43. The van der Waals surface area contributed by atoms with Crippen molar-refractivity contribution in [2.24, 2.45) is 0 Å². The molecule has 3 aromatic carbocycles. The van der Waals surface area contributed by atoms with Crippen molar-refractivity contribution in [1.82, 2.24) is 5.32 Å². The molecule has 0 fully saturated rings. The van der Waals surface area contributed by atoms with Crippen LogP contribution in [0, 0.1) is 0 Å². The van der Waals surface area contributed by atoms with Gasteiger partial charge in [0, 0.05) is 28.2 Å². The molecule has 0 aliphatic rings. The van der Waals surface area contributed by atoms with Crippen LogP contribution < -0.4 is 14.8 Å². The topological polar surface area (TPSA) is 30.5 Å². The van der Waals surface area contributed by atoms with Crippen molar-refractivity contribution in [3.8, 4) is 11.5 Å². The zero-order valence-corrected chi connectivity index (χ0v) is 19.5. The van der Waals surface area contributed by atoms with E-state index in [0.717, 1.165) is 36.3 Å². The minimum absolute atomic E-state index is 0.324. The number of rotatable bonds is 11. The van der Waals surface area contributed by atoms with Gasteiger partial charge in [-0.2, -0.15) is 0 Å². The van der Waals surface area contributed by atoms with E-state index in [-0.39, 0.29) is 0 Å². The Balaban J connectivity index is 1.68. The Morgan fingerprint density at radius 2 is 1.68 bits per heavy atom. The third kappa shape index (κ3) is 6.90. The number of ether oxygens (including phenoxy) is 2. The van der Waals surface area contributed by atoms with Crippen LogP contribution in [-0.2, 0) is 13.2 Å². The molecule has 0 spiro atoms. The van der Waals surface area contributed by atoms with Crippen LogP contribution in [-0.4, -0.2) is 6.61 Å². The number of hydrogen-bond donors (Lipinski definition) is 1. The van der Waals surface area contributed by atoms with Gasteiger partial charge in [0.1, 0.15) is 6.61 Å². The molecule has 0 aromatic heterocycles. The fourth-order valence-electron chi connectivity index (χ4n) is 3.45. The summed E-state index contributed by atoms with van der Waals surface area (Å²) in [5, 5.41) is 4.89. The molecule has 0 radical (unpaired) electrons. The molecule has 0 bridgehead atoms. The van der Waals surface area contributed by atoms with Crippen molar-refractivity contribution in [2.45, 2.75) is 45.9 Å². The van der Waals surface area contributed by atoms with Crippen molar-refractivity contribution >= 4 is 23.2 Å². The lowest BCUT2D eigenvalue weighted by atomic mass is 10.0. The van der Waals surface area contributed by atoms with E-state index in [9.17, 15) is 0 Å². The molecular weight excluding hydrogens is 429 g/mol. The van der Waals surface area contributed by atoms with E-state index in [1.54, 1.807) is 6.07 Å². The molecule has 1 atom stereocenters. The van der Waals surface area contributed by atoms with E-state index in [2.05, 4.69) is 48.6 Å². The predicted molar refractivity (Wildman–Crippen MR) is 129 cm³/mol. The van der Waals surface area contributed by atoms with Gasteiger partial charge in [0.15, 0.2) is 11.5 Å². The minimum atomic E-state index is 0.324. The molecule has 0 saturated heterocycles. The highest BCUT2D eigenvalue weighted by Gasteiger charge is 2.12. The maximum Gasteiger partial charge on any atom is 0.161 e. The van der Waals surface area contributed by atoms with Gasteiger partial charge in [0.25, 0.3) is 0 Å². The first-order valence-corrected chi connectivity index (χ1v) is 11.5. The number of halogens is 2. The van der Waals surface area contributed by atoms with Crippen LogP contribution in [0.3, 0.4) is 0 Å². The van der Waals surface area contributed by atoms with Crippen molar-refractivity contribution in [1.29, 1.82) is 0 Å². The molecule has 1 N–H and O–H groups in total. The number of hydrogen-bond acceptors (Lipinski definition) is 3. The molecule has 3 aromatic rings. The highest BCUT2D eigenvalue weighted by Crippen LogP contribution is 2.31. The highest BCUT2D eigenvalue weighted by atomic mass is 35.5. The molecule has 31 heavy (non-hydrogen) atoms. The molecule has 0 saturated carbocycles. The van der Waals surface area contributed by atoms with Gasteiger partial charge >= 0.3 is 0 Å². The Labute approximate surface area is 195 Å². The Morgan fingerprint density at radius 3 is 2.39 bits per heavy atom. The molecule has 164 valence electrons. The molecule has 0 aliphatic carbocycles. The van der Waals surface area contributed by atoms with Crippen LogP contribution in [0.4, 0.5) is 0 Å². The average Bonchev–Trinajstić information content (AvgIpc) is 2.78. The van der Waals surface area contributed by atoms with Crippen molar-refractivity contribution < 1.29 is 9.47 Å². The van der Waals surface area contributed by atoms with E-state index >= 15 is 0 Å². The van der Waals surface area contributed by atoms with Crippen molar-refractivity contribution in [3.05, 3.63) is 93.5 Å². The summed E-state index contributed by atoms with van der Waals surface area (Å²) >= 11 is 12.2. The quantitative estimate of drug-likeness (QED) is 0.321. The molecular formula is C26H29Cl2NO2. The first kappa shape index (κ1) is 23.5. The van der Waals surface area contributed by atoms with Gasteiger partial charge in [-0.15, -0.1) is 0 Å². The second-order valence-electron chi connectivity index (χ2n) is 7.37. The maximum atomic E-state index is 6.27. The fraction of sp³-hybridized carbons (Fsp3) is 0.308. The first-order valence-electron chi connectivity index (χ1n) is 10.7. The average molecular weight is 458 g/mol. The van der Waals surface area contributed by atoms with Crippen LogP contribution in [0.15, 0.2) is 66.7 Å². The lowest BCUT2D eigenvalue weighted by Gasteiger charge is -2.19. The Bertz CT molecular complexity index is 963. The minimum Gasteiger partial charge on any atom is -0.490 e. The highest BCUT2D eigenvalue weighted by molar-refractivity contribution is 6.35. The van der Waals surface area contributed by atoms with E-state index in [0.29, 0.717) is 35.1 Å². The van der Waals surface area contributed by atoms with Crippen molar-refractivity contribution in [2.75, 3.05) is 6.61 Å². The van der Waals surface area contributed by atoms with Crippen LogP contribution in [0.1, 0.15) is 49.4 Å². The van der Waals surface area contributed by atoms with Gasteiger partial charge < -0.3 is 14.8 Å². The van der Waals surface area contributed by atoms with Gasteiger partial charge in [-0.3, -0.25) is 0 Å². The van der Waals surface area contributed by atoms with Crippen LogP contribution in [0.2, 0.25) is 10.0 Å². The van der Waals surface area contributed by atoms with E-state index < -0.39 is 0 Å². The SMILES string of the molecule is CCCC(NCc1ccc(OCc2ccc(Cl)cc2Cl)c(OCC)c1)c1ccccc1. The molecule has 3 rings (SSSR count). The lowest BCUT2D eigenvalue weighted by molar-refractivity contribution is 0.269. The summed E-state index contributed by atoms with van der Waals surface area (Å²) < 4.78 is 11.9. The van der Waals surface area contributed by atoms with Crippen molar-refractivity contribution in [3.63, 3.8) is 0 Å². The zero-order chi connectivity index (χ0) is 22.1. The summed E-state index contributed by atoms with van der Waals surface area (Å²) in [5.41, 5.74) is 3.34. The van der Waals surface area contributed by atoms with Gasteiger partial charge in [-0.1, -0.05) is 79.0 Å². The largest absolute Gasteiger partial charge is 0.490 e. The Hall–Kier alpha value is -2.20. The Morgan fingerprint density at radius 1 is 0.871 bits per heavy atom. The second-order valence-corrected chi connectivity index (χ2v) is 8.21. The molecule has 1 unspecified atom stereocenters. The molecule has 0 aliphatic heterocycles. The van der Waals surface area contributed by atoms with E-state index in [1.807, 2.05) is 31.2 Å². The van der Waals surface area contributed by atoms with Crippen LogP contribution in [0.5, 0.6) is 11.5 Å². The van der Waals surface area contributed by atoms with E-state index in [4.69, 9.17) is 32.7 Å². The van der Waals surface area contributed by atoms with Gasteiger partial charge in [-0.05, 0) is 48.7 Å². The number of benzene rings is 3. The van der Waals surface area contributed by atoms with Gasteiger partial charge in [0.05, 0.1) is 6.61 Å². The third-order valence-corrected chi connectivity index (χ3v) is 5.63. The normalized spacial score (nSPS) is 11.9. The molecule has 0 heterocycles. The molecule has 5 heteroatoms. The Kier molecular flexibility index (Phi) is 9.08. The molecule has 3 nitrogen and oxygen atoms in total. The monoisotopic (exact) mass is 457 g/mol. The maximum absolute atomic E-state index is 6.27. The summed E-state index contributed by atoms with van der Waals surface area (Å²) in [4.78, 5) is 0. The summed E-state index contributed by atoms with van der Waals surface area (Å²) in [6.07, 6.45) is 2.21. The summed E-state index contributed by atoms with van der Waals surface area (Å²) in [6, 6.07) is 22.4. The van der Waals surface area contributed by atoms with Crippen LogP contribution in [0.25, 0.3) is 0 Å².